The number of benzene rings is 2. The molecule has 0 aliphatic carbocycles. The Morgan fingerprint density at radius 2 is 1.73 bits per heavy atom. The third kappa shape index (κ3) is 6.58. The largest absolute Gasteiger partial charge is 0.493 e. The highest BCUT2D eigenvalue weighted by molar-refractivity contribution is 5.90. The van der Waals surface area contributed by atoms with Crippen molar-refractivity contribution in [3.8, 4) is 11.5 Å². The van der Waals surface area contributed by atoms with Crippen molar-refractivity contribution in [3.05, 3.63) is 53.1 Å². The van der Waals surface area contributed by atoms with E-state index in [1.165, 1.54) is 5.56 Å². The average Bonchev–Trinajstić information content (AvgIpc) is 2.58. The zero-order valence-electron chi connectivity index (χ0n) is 15.5. The van der Waals surface area contributed by atoms with Crippen molar-refractivity contribution in [2.24, 2.45) is 5.73 Å². The summed E-state index contributed by atoms with van der Waals surface area (Å²) in [6, 6.07) is 11.3. The zero-order valence-corrected chi connectivity index (χ0v) is 16.3. The van der Waals surface area contributed by atoms with Crippen molar-refractivity contribution in [2.45, 2.75) is 27.2 Å². The van der Waals surface area contributed by atoms with Gasteiger partial charge in [-0.2, -0.15) is 0 Å². The number of ether oxygens (including phenoxy) is 2. The third-order valence-electron chi connectivity index (χ3n) is 3.88. The summed E-state index contributed by atoms with van der Waals surface area (Å²) in [5.74, 6) is 1.49. The number of halogens is 1. The van der Waals surface area contributed by atoms with Crippen LogP contribution < -0.4 is 20.5 Å². The number of carbonyl (C=O) groups is 1. The van der Waals surface area contributed by atoms with E-state index in [4.69, 9.17) is 15.2 Å². The molecule has 0 saturated carbocycles. The third-order valence-corrected chi connectivity index (χ3v) is 3.88. The lowest BCUT2D eigenvalue weighted by Crippen LogP contribution is -2.15. The first kappa shape index (κ1) is 21.8. The summed E-state index contributed by atoms with van der Waals surface area (Å²) in [7, 11) is 0. The molecule has 0 fully saturated rings. The summed E-state index contributed by atoms with van der Waals surface area (Å²) in [5.41, 5.74) is 9.58. The first-order valence-electron chi connectivity index (χ1n) is 8.43. The maximum absolute atomic E-state index is 12.0. The second kappa shape index (κ2) is 10.7. The lowest BCUT2D eigenvalue weighted by molar-refractivity contribution is -0.116. The van der Waals surface area contributed by atoms with E-state index in [2.05, 4.69) is 18.3 Å². The van der Waals surface area contributed by atoms with Gasteiger partial charge in [-0.05, 0) is 67.8 Å². The van der Waals surface area contributed by atoms with E-state index >= 15 is 0 Å². The van der Waals surface area contributed by atoms with Crippen LogP contribution in [-0.2, 0) is 4.79 Å². The first-order chi connectivity index (χ1) is 12.0. The van der Waals surface area contributed by atoms with Gasteiger partial charge in [0.05, 0.1) is 13.0 Å². The highest BCUT2D eigenvalue weighted by Gasteiger charge is 2.07. The number of aryl methyl sites for hydroxylation is 2. The Kier molecular flexibility index (Phi) is 8.96. The van der Waals surface area contributed by atoms with Crippen LogP contribution in [0.4, 0.5) is 5.69 Å². The van der Waals surface area contributed by atoms with E-state index < -0.39 is 0 Å². The fraction of sp³-hybridized carbons (Fsp3) is 0.350. The molecule has 0 aliphatic heterocycles. The predicted molar refractivity (Wildman–Crippen MR) is 108 cm³/mol. The number of rotatable bonds is 8. The maximum atomic E-state index is 12.0. The molecule has 0 unspecified atom stereocenters. The number of hydrogen-bond donors (Lipinski definition) is 2. The Bertz CT molecular complexity index is 718. The molecule has 5 nitrogen and oxygen atoms in total. The van der Waals surface area contributed by atoms with Gasteiger partial charge in [-0.15, -0.1) is 12.4 Å². The molecule has 0 atom stereocenters. The minimum Gasteiger partial charge on any atom is -0.493 e. The Balaban J connectivity index is 0.00000338. The zero-order chi connectivity index (χ0) is 18.2. The van der Waals surface area contributed by atoms with Gasteiger partial charge in [-0.1, -0.05) is 6.07 Å². The Morgan fingerprint density at radius 3 is 2.38 bits per heavy atom. The molecule has 142 valence electrons. The van der Waals surface area contributed by atoms with Crippen LogP contribution >= 0.6 is 12.4 Å². The summed E-state index contributed by atoms with van der Waals surface area (Å²) in [6.45, 7) is 7.40. The Labute approximate surface area is 161 Å². The number of hydrogen-bond acceptors (Lipinski definition) is 4. The molecule has 0 bridgehead atoms. The highest BCUT2D eigenvalue weighted by atomic mass is 35.5. The highest BCUT2D eigenvalue weighted by Crippen LogP contribution is 2.23. The molecule has 1 amide bonds. The summed E-state index contributed by atoms with van der Waals surface area (Å²) < 4.78 is 11.2. The topological polar surface area (TPSA) is 73.6 Å². The van der Waals surface area contributed by atoms with Crippen LogP contribution in [0.25, 0.3) is 0 Å². The average molecular weight is 379 g/mol. The fourth-order valence-corrected chi connectivity index (χ4v) is 2.44. The molecule has 3 N–H and O–H groups in total. The normalized spacial score (nSPS) is 10.0. The molecule has 2 rings (SSSR count). The molecule has 2 aromatic rings. The van der Waals surface area contributed by atoms with Crippen molar-refractivity contribution in [3.63, 3.8) is 0 Å². The number of amides is 1. The van der Waals surface area contributed by atoms with Gasteiger partial charge in [0.1, 0.15) is 18.1 Å². The summed E-state index contributed by atoms with van der Waals surface area (Å²) in [6.07, 6.45) is 0.290. The Hall–Kier alpha value is -2.24. The molecule has 0 spiro atoms. The standard InChI is InChI=1S/C20H26N2O3.ClH/c1-14-12-15(2)16(3)19(13-14)25-10-8-20(23)22-17-4-6-18(7-5-17)24-11-9-21;/h4-7,12-13H,8-11,21H2,1-3H3,(H,22,23);1H. The molecule has 6 heteroatoms. The SMILES string of the molecule is Cc1cc(C)c(C)c(OCCC(=O)Nc2ccc(OCCN)cc2)c1.Cl. The second-order valence-corrected chi connectivity index (χ2v) is 6.01. The van der Waals surface area contributed by atoms with Crippen LogP contribution in [0.5, 0.6) is 11.5 Å². The van der Waals surface area contributed by atoms with Crippen LogP contribution in [-0.4, -0.2) is 25.7 Å². The monoisotopic (exact) mass is 378 g/mol. The van der Waals surface area contributed by atoms with E-state index in [1.54, 1.807) is 24.3 Å². The number of anilines is 1. The van der Waals surface area contributed by atoms with Crippen LogP contribution in [0, 0.1) is 20.8 Å². The van der Waals surface area contributed by atoms with E-state index in [-0.39, 0.29) is 24.7 Å². The minimum absolute atomic E-state index is 0. The summed E-state index contributed by atoms with van der Waals surface area (Å²) >= 11 is 0. The van der Waals surface area contributed by atoms with Crippen molar-refractivity contribution >= 4 is 24.0 Å². The molecular weight excluding hydrogens is 352 g/mol. The van der Waals surface area contributed by atoms with Gasteiger partial charge >= 0.3 is 0 Å². The van der Waals surface area contributed by atoms with Gasteiger partial charge < -0.3 is 20.5 Å². The Morgan fingerprint density at radius 1 is 1.04 bits per heavy atom. The summed E-state index contributed by atoms with van der Waals surface area (Å²) in [5, 5.41) is 2.85. The van der Waals surface area contributed by atoms with E-state index in [9.17, 15) is 4.79 Å². The summed E-state index contributed by atoms with van der Waals surface area (Å²) in [4.78, 5) is 12.0. The second-order valence-electron chi connectivity index (χ2n) is 6.01. The molecule has 0 aromatic heterocycles. The van der Waals surface area contributed by atoms with Crippen molar-refractivity contribution < 1.29 is 14.3 Å². The minimum atomic E-state index is -0.0855. The van der Waals surface area contributed by atoms with Crippen molar-refractivity contribution in [1.29, 1.82) is 0 Å². The molecule has 0 saturated heterocycles. The fourth-order valence-electron chi connectivity index (χ4n) is 2.44. The van der Waals surface area contributed by atoms with Crippen LogP contribution in [0.2, 0.25) is 0 Å². The van der Waals surface area contributed by atoms with Crippen LogP contribution in [0.3, 0.4) is 0 Å². The predicted octanol–water partition coefficient (Wildman–Crippen LogP) is 3.78. The smallest absolute Gasteiger partial charge is 0.227 e. The molecule has 26 heavy (non-hydrogen) atoms. The van der Waals surface area contributed by atoms with Gasteiger partial charge in [0.2, 0.25) is 5.91 Å². The quantitative estimate of drug-likeness (QED) is 0.733. The molecule has 0 aliphatic rings. The van der Waals surface area contributed by atoms with Crippen LogP contribution in [0.15, 0.2) is 36.4 Å². The maximum Gasteiger partial charge on any atom is 0.227 e. The van der Waals surface area contributed by atoms with Crippen LogP contribution in [0.1, 0.15) is 23.1 Å². The van der Waals surface area contributed by atoms with Crippen molar-refractivity contribution in [2.75, 3.05) is 25.1 Å². The van der Waals surface area contributed by atoms with E-state index in [0.29, 0.717) is 19.8 Å². The number of nitrogens with two attached hydrogens (primary N) is 1. The molecule has 0 heterocycles. The van der Waals surface area contributed by atoms with Crippen molar-refractivity contribution in [1.82, 2.24) is 0 Å². The van der Waals surface area contributed by atoms with Gasteiger partial charge in [0.15, 0.2) is 0 Å². The molecular formula is C20H27ClN2O3. The lowest BCUT2D eigenvalue weighted by atomic mass is 10.1. The lowest BCUT2D eigenvalue weighted by Gasteiger charge is -2.12. The molecule has 2 aromatic carbocycles. The number of carbonyl (C=O) groups excluding carboxylic acids is 1. The van der Waals surface area contributed by atoms with Gasteiger partial charge in [-0.25, -0.2) is 0 Å². The van der Waals surface area contributed by atoms with Gasteiger partial charge in [0.25, 0.3) is 0 Å². The number of nitrogens with one attached hydrogen (secondary N) is 1. The van der Waals surface area contributed by atoms with Gasteiger partial charge in [-0.3, -0.25) is 4.79 Å². The first-order valence-corrected chi connectivity index (χ1v) is 8.43. The molecule has 0 radical (unpaired) electrons. The van der Waals surface area contributed by atoms with Gasteiger partial charge in [0, 0.05) is 12.2 Å². The van der Waals surface area contributed by atoms with E-state index in [1.807, 2.05) is 19.9 Å². The van der Waals surface area contributed by atoms with E-state index in [0.717, 1.165) is 28.3 Å².